The quantitative estimate of drug-likeness (QED) is 0.822. The van der Waals surface area contributed by atoms with Gasteiger partial charge in [0.1, 0.15) is 0 Å². The lowest BCUT2D eigenvalue weighted by molar-refractivity contribution is -0.132. The van der Waals surface area contributed by atoms with Gasteiger partial charge in [-0.25, -0.2) is 0 Å². The lowest BCUT2D eigenvalue weighted by Crippen LogP contribution is -2.40. The van der Waals surface area contributed by atoms with Crippen LogP contribution in [0.5, 0.6) is 0 Å². The third kappa shape index (κ3) is 4.47. The van der Waals surface area contributed by atoms with Gasteiger partial charge in [0.2, 0.25) is 11.8 Å². The molecule has 2 aromatic carbocycles. The molecule has 1 atom stereocenters. The second kappa shape index (κ2) is 8.07. The Kier molecular flexibility index (Phi) is 5.34. The van der Waals surface area contributed by atoms with E-state index >= 15 is 0 Å². The van der Waals surface area contributed by atoms with E-state index in [9.17, 15) is 14.4 Å². The van der Waals surface area contributed by atoms with Crippen LogP contribution < -0.4 is 10.6 Å². The van der Waals surface area contributed by atoms with E-state index in [1.807, 2.05) is 18.2 Å². The summed E-state index contributed by atoms with van der Waals surface area (Å²) in [6.07, 6.45) is 3.09. The number of nitrogens with one attached hydrogen (secondary N) is 2. The van der Waals surface area contributed by atoms with Crippen molar-refractivity contribution in [3.63, 3.8) is 0 Å². The van der Waals surface area contributed by atoms with Gasteiger partial charge in [0.05, 0.1) is 12.5 Å². The molecular weight excluding hydrogens is 366 g/mol. The van der Waals surface area contributed by atoms with E-state index in [1.54, 1.807) is 36.1 Å². The predicted octanol–water partition coefficient (Wildman–Crippen LogP) is 3.05. The van der Waals surface area contributed by atoms with Gasteiger partial charge in [-0.15, -0.1) is 0 Å². The number of nitrogens with zero attached hydrogens (tertiary/aromatic N) is 1. The van der Waals surface area contributed by atoms with E-state index in [0.717, 1.165) is 24.8 Å². The second-order valence-electron chi connectivity index (χ2n) is 7.75. The zero-order valence-electron chi connectivity index (χ0n) is 16.5. The van der Waals surface area contributed by atoms with Crippen molar-refractivity contribution in [2.45, 2.75) is 44.7 Å². The van der Waals surface area contributed by atoms with Gasteiger partial charge >= 0.3 is 0 Å². The molecule has 6 heteroatoms. The molecule has 1 fully saturated rings. The van der Waals surface area contributed by atoms with E-state index in [2.05, 4.69) is 16.7 Å². The van der Waals surface area contributed by atoms with Crippen molar-refractivity contribution in [3.05, 3.63) is 65.2 Å². The number of fused-ring (bicyclic) bond motifs is 1. The van der Waals surface area contributed by atoms with Gasteiger partial charge in [-0.05, 0) is 54.7 Å². The fourth-order valence-electron chi connectivity index (χ4n) is 3.84. The number of amides is 3. The first-order valence-electron chi connectivity index (χ1n) is 10.1. The van der Waals surface area contributed by atoms with Gasteiger partial charge in [0.15, 0.2) is 0 Å². The summed E-state index contributed by atoms with van der Waals surface area (Å²) in [7, 11) is 0. The van der Waals surface area contributed by atoms with E-state index in [4.69, 9.17) is 0 Å². The maximum absolute atomic E-state index is 12.7. The van der Waals surface area contributed by atoms with Crippen LogP contribution in [-0.4, -0.2) is 35.2 Å². The average molecular weight is 391 g/mol. The van der Waals surface area contributed by atoms with Crippen LogP contribution in [0.15, 0.2) is 48.5 Å². The summed E-state index contributed by atoms with van der Waals surface area (Å²) in [5.74, 6) is -0.266. The van der Waals surface area contributed by atoms with Crippen LogP contribution in [0.1, 0.15) is 53.7 Å². The van der Waals surface area contributed by atoms with Gasteiger partial charge in [-0.3, -0.25) is 14.4 Å². The van der Waals surface area contributed by atoms with E-state index < -0.39 is 0 Å². The molecule has 6 nitrogen and oxygen atoms in total. The highest BCUT2D eigenvalue weighted by Crippen LogP contribution is 2.32. The second-order valence-corrected chi connectivity index (χ2v) is 7.75. The van der Waals surface area contributed by atoms with Gasteiger partial charge in [-0.1, -0.05) is 24.3 Å². The Morgan fingerprint density at radius 1 is 1.03 bits per heavy atom. The molecule has 150 valence electrons. The molecule has 0 saturated heterocycles. The Bertz CT molecular complexity index is 935. The molecule has 0 bridgehead atoms. The minimum Gasteiger partial charge on any atom is -0.349 e. The van der Waals surface area contributed by atoms with Crippen molar-refractivity contribution in [1.82, 2.24) is 10.2 Å². The van der Waals surface area contributed by atoms with E-state index in [1.165, 1.54) is 5.56 Å². The molecule has 0 radical (unpaired) electrons. The fourth-order valence-corrected chi connectivity index (χ4v) is 3.84. The minimum atomic E-state index is -0.263. The van der Waals surface area contributed by atoms with Crippen molar-refractivity contribution >= 4 is 23.4 Å². The summed E-state index contributed by atoms with van der Waals surface area (Å²) in [6, 6.07) is 14.9. The Hall–Kier alpha value is -3.15. The van der Waals surface area contributed by atoms with Crippen LogP contribution in [0.2, 0.25) is 0 Å². The molecule has 0 spiro atoms. The van der Waals surface area contributed by atoms with Crippen molar-refractivity contribution in [2.75, 3.05) is 11.9 Å². The van der Waals surface area contributed by atoms with Crippen LogP contribution in [0.4, 0.5) is 5.69 Å². The first kappa shape index (κ1) is 19.2. The standard InChI is InChI=1S/C23H25N3O3/c1-15(27)26-13-12-16-4-2-3-5-20(16)21(26)14-22(28)24-18-8-6-17(7-9-18)23(29)25-19-10-11-19/h2-9,19,21H,10-14H2,1H3,(H,24,28)(H,25,29). The number of benzene rings is 2. The monoisotopic (exact) mass is 391 g/mol. The summed E-state index contributed by atoms with van der Waals surface area (Å²) in [5.41, 5.74) is 3.44. The molecule has 1 saturated carbocycles. The molecule has 29 heavy (non-hydrogen) atoms. The van der Waals surface area contributed by atoms with Gasteiger partial charge in [0.25, 0.3) is 5.91 Å². The largest absolute Gasteiger partial charge is 0.349 e. The summed E-state index contributed by atoms with van der Waals surface area (Å²) >= 11 is 0. The van der Waals surface area contributed by atoms with Crippen molar-refractivity contribution in [1.29, 1.82) is 0 Å². The van der Waals surface area contributed by atoms with Crippen molar-refractivity contribution < 1.29 is 14.4 Å². The molecule has 2 aliphatic rings. The SMILES string of the molecule is CC(=O)N1CCc2ccccc2C1CC(=O)Nc1ccc(C(=O)NC2CC2)cc1. The third-order valence-corrected chi connectivity index (χ3v) is 5.54. The number of rotatable bonds is 5. The smallest absolute Gasteiger partial charge is 0.251 e. The van der Waals surface area contributed by atoms with Gasteiger partial charge < -0.3 is 15.5 Å². The predicted molar refractivity (Wildman–Crippen MR) is 110 cm³/mol. The van der Waals surface area contributed by atoms with Crippen LogP contribution >= 0.6 is 0 Å². The maximum Gasteiger partial charge on any atom is 0.251 e. The molecule has 1 aliphatic carbocycles. The number of anilines is 1. The molecule has 2 aromatic rings. The molecule has 1 aliphatic heterocycles. The van der Waals surface area contributed by atoms with E-state index in [-0.39, 0.29) is 30.2 Å². The summed E-state index contributed by atoms with van der Waals surface area (Å²) in [6.45, 7) is 2.17. The lowest BCUT2D eigenvalue weighted by Gasteiger charge is -2.36. The first-order valence-corrected chi connectivity index (χ1v) is 10.1. The van der Waals surface area contributed by atoms with Gasteiger partial charge in [-0.2, -0.15) is 0 Å². The number of carbonyl (C=O) groups is 3. The average Bonchev–Trinajstić information content (AvgIpc) is 3.52. The Labute approximate surface area is 170 Å². The number of hydrogen-bond donors (Lipinski definition) is 2. The Morgan fingerprint density at radius 3 is 2.45 bits per heavy atom. The number of carbonyl (C=O) groups excluding carboxylic acids is 3. The minimum absolute atomic E-state index is 0.0247. The van der Waals surface area contributed by atoms with Crippen LogP contribution in [0.3, 0.4) is 0 Å². The summed E-state index contributed by atoms with van der Waals surface area (Å²) in [5, 5.41) is 5.84. The summed E-state index contributed by atoms with van der Waals surface area (Å²) < 4.78 is 0. The molecular formula is C23H25N3O3. The zero-order chi connectivity index (χ0) is 20.4. The molecule has 1 unspecified atom stereocenters. The summed E-state index contributed by atoms with van der Waals surface area (Å²) in [4.78, 5) is 38.6. The molecule has 1 heterocycles. The lowest BCUT2D eigenvalue weighted by atomic mass is 9.90. The van der Waals surface area contributed by atoms with Crippen molar-refractivity contribution in [3.8, 4) is 0 Å². The zero-order valence-corrected chi connectivity index (χ0v) is 16.5. The first-order chi connectivity index (χ1) is 14.0. The highest BCUT2D eigenvalue weighted by atomic mass is 16.2. The Morgan fingerprint density at radius 2 is 1.76 bits per heavy atom. The maximum atomic E-state index is 12.7. The Balaban J connectivity index is 1.43. The van der Waals surface area contributed by atoms with Crippen LogP contribution in [0, 0.1) is 0 Å². The van der Waals surface area contributed by atoms with Crippen LogP contribution in [0.25, 0.3) is 0 Å². The van der Waals surface area contributed by atoms with Crippen molar-refractivity contribution in [2.24, 2.45) is 0 Å². The van der Waals surface area contributed by atoms with E-state index in [0.29, 0.717) is 23.8 Å². The van der Waals surface area contributed by atoms with Crippen LogP contribution in [-0.2, 0) is 16.0 Å². The highest BCUT2D eigenvalue weighted by Gasteiger charge is 2.30. The molecule has 2 N–H and O–H groups in total. The third-order valence-electron chi connectivity index (χ3n) is 5.54. The normalized spacial score (nSPS) is 18.0. The van der Waals surface area contributed by atoms with Gasteiger partial charge in [0, 0.05) is 30.8 Å². The highest BCUT2D eigenvalue weighted by molar-refractivity contribution is 5.96. The number of hydrogen-bond acceptors (Lipinski definition) is 3. The molecule has 0 aromatic heterocycles. The topological polar surface area (TPSA) is 78.5 Å². The fraction of sp³-hybridized carbons (Fsp3) is 0.348. The molecule has 3 amide bonds. The molecule has 4 rings (SSSR count).